The van der Waals surface area contributed by atoms with E-state index >= 15 is 0 Å². The Morgan fingerprint density at radius 3 is 2.74 bits per heavy atom. The fourth-order valence-corrected chi connectivity index (χ4v) is 3.19. The first-order chi connectivity index (χ1) is 10.9. The molecule has 1 aromatic rings. The van der Waals surface area contributed by atoms with E-state index in [1.54, 1.807) is 19.4 Å². The van der Waals surface area contributed by atoms with E-state index < -0.39 is 0 Å². The van der Waals surface area contributed by atoms with Gasteiger partial charge in [0.1, 0.15) is 4.49 Å². The average molecular weight is 357 g/mol. The Morgan fingerprint density at radius 1 is 1.43 bits per heavy atom. The average Bonchev–Trinajstić information content (AvgIpc) is 3.04. The van der Waals surface area contributed by atoms with Gasteiger partial charge < -0.3 is 10.1 Å². The number of aromatic nitrogens is 1. The predicted octanol–water partition coefficient (Wildman–Crippen LogP) is 3.73. The van der Waals surface area contributed by atoms with Crippen LogP contribution in [-0.2, 0) is 11.2 Å². The zero-order chi connectivity index (χ0) is 17.0. The summed E-state index contributed by atoms with van der Waals surface area (Å²) in [6, 6.07) is 3.83. The molecule has 0 spiro atoms. The number of carbonyl (C=O) groups is 1. The standard InChI is InChI=1S/C17H22Cl2N2O2/c1-17(2)12(9-13(18)19)15(17)16(22)20-8-4-5-11-6-7-14(23-3)21-10-11/h6-7,9-10,12,15H,4-5,8H2,1-3H3,(H,20,22). The zero-order valence-corrected chi connectivity index (χ0v) is 15.1. The van der Waals surface area contributed by atoms with Crippen molar-refractivity contribution in [3.63, 3.8) is 0 Å². The SMILES string of the molecule is COc1ccc(CCCNC(=O)C2C(C=C(Cl)Cl)C2(C)C)cn1. The van der Waals surface area contributed by atoms with Gasteiger partial charge in [0.25, 0.3) is 0 Å². The minimum atomic E-state index is -0.0843. The van der Waals surface area contributed by atoms with Gasteiger partial charge in [0.2, 0.25) is 11.8 Å². The number of methoxy groups -OCH3 is 1. The van der Waals surface area contributed by atoms with E-state index in [0.29, 0.717) is 12.4 Å². The van der Waals surface area contributed by atoms with Gasteiger partial charge in [-0.05, 0) is 35.8 Å². The van der Waals surface area contributed by atoms with Gasteiger partial charge in [-0.1, -0.05) is 43.1 Å². The largest absolute Gasteiger partial charge is 0.481 e. The summed E-state index contributed by atoms with van der Waals surface area (Å²) < 4.78 is 5.25. The van der Waals surface area contributed by atoms with Crippen LogP contribution in [0.2, 0.25) is 0 Å². The first-order valence-electron chi connectivity index (χ1n) is 7.65. The molecule has 2 unspecified atom stereocenters. The molecule has 1 aromatic heterocycles. The van der Waals surface area contributed by atoms with Crippen molar-refractivity contribution in [3.8, 4) is 5.88 Å². The maximum atomic E-state index is 12.3. The van der Waals surface area contributed by atoms with Gasteiger partial charge in [0.05, 0.1) is 13.0 Å². The zero-order valence-electron chi connectivity index (χ0n) is 13.6. The molecule has 0 saturated heterocycles. The predicted molar refractivity (Wildman–Crippen MR) is 92.7 cm³/mol. The molecule has 6 heteroatoms. The topological polar surface area (TPSA) is 51.2 Å². The van der Waals surface area contributed by atoms with E-state index in [0.717, 1.165) is 18.4 Å². The molecule has 1 N–H and O–H groups in total. The quantitative estimate of drug-likeness (QED) is 0.757. The van der Waals surface area contributed by atoms with Crippen LogP contribution in [0.1, 0.15) is 25.8 Å². The van der Waals surface area contributed by atoms with Gasteiger partial charge in [0.15, 0.2) is 0 Å². The second kappa shape index (κ2) is 7.54. The summed E-state index contributed by atoms with van der Waals surface area (Å²) in [5, 5.41) is 3.00. The summed E-state index contributed by atoms with van der Waals surface area (Å²) in [4.78, 5) is 16.4. The number of nitrogens with zero attached hydrogens (tertiary/aromatic N) is 1. The fourth-order valence-electron chi connectivity index (χ4n) is 2.92. The van der Waals surface area contributed by atoms with Crippen LogP contribution < -0.4 is 10.1 Å². The molecule has 1 aliphatic rings. The molecule has 1 fully saturated rings. The first kappa shape index (κ1) is 18.1. The number of ether oxygens (including phenoxy) is 1. The molecule has 1 amide bonds. The second-order valence-electron chi connectivity index (χ2n) is 6.38. The third-order valence-corrected chi connectivity index (χ3v) is 4.70. The summed E-state index contributed by atoms with van der Waals surface area (Å²) >= 11 is 11.4. The Labute approximate surface area is 147 Å². The number of pyridine rings is 1. The van der Waals surface area contributed by atoms with Crippen LogP contribution in [0.15, 0.2) is 28.9 Å². The molecule has 1 saturated carbocycles. The van der Waals surface area contributed by atoms with Gasteiger partial charge in [0, 0.05) is 18.8 Å². The Hall–Kier alpha value is -1.26. The lowest BCUT2D eigenvalue weighted by Gasteiger charge is -2.06. The normalized spacial score (nSPS) is 21.4. The Kier molecular flexibility index (Phi) is 5.93. The van der Waals surface area contributed by atoms with Gasteiger partial charge >= 0.3 is 0 Å². The number of carbonyl (C=O) groups excluding carboxylic acids is 1. The maximum Gasteiger partial charge on any atom is 0.224 e. The molecule has 2 atom stereocenters. The van der Waals surface area contributed by atoms with E-state index in [2.05, 4.69) is 24.1 Å². The molecule has 1 aliphatic carbocycles. The van der Waals surface area contributed by atoms with Crippen molar-refractivity contribution < 1.29 is 9.53 Å². The molecule has 126 valence electrons. The molecular weight excluding hydrogens is 335 g/mol. The number of amides is 1. The van der Waals surface area contributed by atoms with E-state index in [1.165, 1.54) is 0 Å². The molecule has 1 heterocycles. The Balaban J connectivity index is 1.74. The summed E-state index contributed by atoms with van der Waals surface area (Å²) in [5.74, 6) is 0.727. The first-order valence-corrected chi connectivity index (χ1v) is 8.41. The van der Waals surface area contributed by atoms with Crippen LogP contribution >= 0.6 is 23.2 Å². The number of nitrogens with one attached hydrogen (secondary N) is 1. The van der Waals surface area contributed by atoms with Crippen molar-refractivity contribution in [3.05, 3.63) is 34.5 Å². The van der Waals surface area contributed by atoms with Crippen molar-refractivity contribution >= 4 is 29.1 Å². The van der Waals surface area contributed by atoms with Crippen LogP contribution in [0.25, 0.3) is 0 Å². The summed E-state index contributed by atoms with van der Waals surface area (Å²) in [7, 11) is 1.59. The second-order valence-corrected chi connectivity index (χ2v) is 7.39. The summed E-state index contributed by atoms with van der Waals surface area (Å²) in [5.41, 5.74) is 1.04. The van der Waals surface area contributed by atoms with Crippen LogP contribution in [0.3, 0.4) is 0 Å². The highest BCUT2D eigenvalue weighted by Gasteiger charge is 2.60. The molecule has 0 aliphatic heterocycles. The molecule has 2 rings (SSSR count). The van der Waals surface area contributed by atoms with Crippen molar-refractivity contribution in [1.82, 2.24) is 10.3 Å². The van der Waals surface area contributed by atoms with Crippen molar-refractivity contribution in [1.29, 1.82) is 0 Å². The monoisotopic (exact) mass is 356 g/mol. The Morgan fingerprint density at radius 2 is 2.17 bits per heavy atom. The van der Waals surface area contributed by atoms with E-state index in [-0.39, 0.29) is 27.6 Å². The van der Waals surface area contributed by atoms with Crippen LogP contribution in [0.5, 0.6) is 5.88 Å². The number of halogens is 2. The number of rotatable bonds is 7. The Bertz CT molecular complexity index is 581. The van der Waals surface area contributed by atoms with Crippen molar-refractivity contribution in [2.75, 3.05) is 13.7 Å². The minimum Gasteiger partial charge on any atom is -0.481 e. The molecule has 23 heavy (non-hydrogen) atoms. The van der Waals surface area contributed by atoms with Crippen LogP contribution in [0.4, 0.5) is 0 Å². The van der Waals surface area contributed by atoms with Crippen LogP contribution in [-0.4, -0.2) is 24.5 Å². The van der Waals surface area contributed by atoms with Crippen molar-refractivity contribution in [2.24, 2.45) is 17.3 Å². The van der Waals surface area contributed by atoms with E-state index in [4.69, 9.17) is 27.9 Å². The number of allylic oxidation sites excluding steroid dienone is 1. The summed E-state index contributed by atoms with van der Waals surface area (Å²) in [6.45, 7) is 4.75. The number of hydrogen-bond acceptors (Lipinski definition) is 3. The van der Waals surface area contributed by atoms with Crippen LogP contribution in [0, 0.1) is 17.3 Å². The fraction of sp³-hybridized carbons (Fsp3) is 0.529. The smallest absolute Gasteiger partial charge is 0.224 e. The number of hydrogen-bond donors (Lipinski definition) is 1. The van der Waals surface area contributed by atoms with Gasteiger partial charge in [-0.3, -0.25) is 4.79 Å². The summed E-state index contributed by atoms with van der Waals surface area (Å²) in [6.07, 6.45) is 5.29. The maximum absolute atomic E-state index is 12.3. The van der Waals surface area contributed by atoms with E-state index in [1.807, 2.05) is 12.1 Å². The van der Waals surface area contributed by atoms with Gasteiger partial charge in [-0.25, -0.2) is 4.98 Å². The van der Waals surface area contributed by atoms with E-state index in [9.17, 15) is 4.79 Å². The third kappa shape index (κ3) is 4.61. The highest BCUT2D eigenvalue weighted by molar-refractivity contribution is 6.55. The lowest BCUT2D eigenvalue weighted by atomic mass is 10.1. The lowest BCUT2D eigenvalue weighted by Crippen LogP contribution is -2.28. The van der Waals surface area contributed by atoms with Gasteiger partial charge in [-0.15, -0.1) is 0 Å². The molecule has 4 nitrogen and oxygen atoms in total. The third-order valence-electron chi connectivity index (χ3n) is 4.45. The van der Waals surface area contributed by atoms with Gasteiger partial charge in [-0.2, -0.15) is 0 Å². The molecule has 0 aromatic carbocycles. The highest BCUT2D eigenvalue weighted by atomic mass is 35.5. The number of aryl methyl sites for hydroxylation is 1. The van der Waals surface area contributed by atoms with Crippen molar-refractivity contribution in [2.45, 2.75) is 26.7 Å². The lowest BCUT2D eigenvalue weighted by molar-refractivity contribution is -0.123. The molecule has 0 bridgehead atoms. The minimum absolute atomic E-state index is 0.0577. The molecular formula is C17H22Cl2N2O2. The molecule has 0 radical (unpaired) electrons. The highest BCUT2D eigenvalue weighted by Crippen LogP contribution is 2.59.